The van der Waals surface area contributed by atoms with Crippen LogP contribution in [0.25, 0.3) is 44.5 Å². The van der Waals surface area contributed by atoms with Gasteiger partial charge in [0.15, 0.2) is 0 Å². The molecule has 3 heteroatoms. The number of hydrogen-bond donors (Lipinski definition) is 0. The van der Waals surface area contributed by atoms with Crippen molar-refractivity contribution >= 4 is 0 Å². The minimum Gasteiger partial charge on any atom is -0.496 e. The number of para-hydroxylation sites is 1. The summed E-state index contributed by atoms with van der Waals surface area (Å²) in [6.07, 6.45) is -0.335. The van der Waals surface area contributed by atoms with Crippen molar-refractivity contribution in [3.63, 3.8) is 0 Å². The summed E-state index contributed by atoms with van der Waals surface area (Å²) in [5.41, 5.74) is 14.1. The van der Waals surface area contributed by atoms with Crippen LogP contribution < -0.4 is 14.2 Å². The van der Waals surface area contributed by atoms with E-state index < -0.39 is 0 Å². The van der Waals surface area contributed by atoms with Crippen LogP contribution in [-0.2, 0) is 0 Å². The first-order valence-electron chi connectivity index (χ1n) is 13.9. The SMILES string of the molecule is COc1cccc2c1-c1c3c(c(-c4ccc(C)cc4)c(-c4ccc(C)cc4)c1[C@@H](C)O2)[C@@H](C)Oc1ccccc1-3. The number of fused-ring (bicyclic) bond motifs is 7. The van der Waals surface area contributed by atoms with Crippen LogP contribution in [0.3, 0.4) is 0 Å². The van der Waals surface area contributed by atoms with E-state index in [2.05, 4.69) is 100 Å². The van der Waals surface area contributed by atoms with Crippen molar-refractivity contribution in [2.45, 2.75) is 39.9 Å². The summed E-state index contributed by atoms with van der Waals surface area (Å²) >= 11 is 0. The van der Waals surface area contributed by atoms with E-state index in [1.54, 1.807) is 7.11 Å². The lowest BCUT2D eigenvalue weighted by Gasteiger charge is -2.38. The Labute approximate surface area is 236 Å². The summed E-state index contributed by atoms with van der Waals surface area (Å²) in [6, 6.07) is 32.2. The highest BCUT2D eigenvalue weighted by molar-refractivity contribution is 6.05. The van der Waals surface area contributed by atoms with Gasteiger partial charge in [0.25, 0.3) is 0 Å². The van der Waals surface area contributed by atoms with Gasteiger partial charge in [0, 0.05) is 27.8 Å². The molecule has 2 aliphatic heterocycles. The summed E-state index contributed by atoms with van der Waals surface area (Å²) in [7, 11) is 1.74. The van der Waals surface area contributed by atoms with Crippen LogP contribution in [0.2, 0.25) is 0 Å². The van der Waals surface area contributed by atoms with Crippen LogP contribution in [0.1, 0.15) is 48.3 Å². The normalized spacial score (nSPS) is 16.5. The van der Waals surface area contributed by atoms with Gasteiger partial charge in [-0.3, -0.25) is 0 Å². The largest absolute Gasteiger partial charge is 0.496 e. The zero-order valence-electron chi connectivity index (χ0n) is 23.5. The van der Waals surface area contributed by atoms with Crippen LogP contribution in [-0.4, -0.2) is 7.11 Å². The molecule has 3 nitrogen and oxygen atoms in total. The Morgan fingerprint density at radius 2 is 1.05 bits per heavy atom. The van der Waals surface area contributed by atoms with E-state index >= 15 is 0 Å². The second kappa shape index (κ2) is 9.31. The summed E-state index contributed by atoms with van der Waals surface area (Å²) < 4.78 is 19.3. The lowest BCUT2D eigenvalue weighted by atomic mass is 9.73. The molecule has 7 rings (SSSR count). The zero-order valence-corrected chi connectivity index (χ0v) is 23.5. The average Bonchev–Trinajstić information content (AvgIpc) is 2.97. The lowest BCUT2D eigenvalue weighted by Crippen LogP contribution is -2.20. The molecule has 5 aromatic carbocycles. The first-order chi connectivity index (χ1) is 19.5. The molecule has 2 aliphatic rings. The van der Waals surface area contributed by atoms with Gasteiger partial charge < -0.3 is 14.2 Å². The number of benzene rings is 5. The standard InChI is InChI=1S/C37H32O3/c1-21-13-17-25(18-14-21)33-31-23(3)39-28-10-7-6-9-27(28)35(31)37-32(34(33)26-19-15-22(2)16-20-26)24(4)40-30-12-8-11-29(38-5)36(30)37/h6-20,23-24H,1-5H3/t23-,24-/m1/s1. The molecule has 0 saturated carbocycles. The molecule has 0 N–H and O–H groups in total. The van der Waals surface area contributed by atoms with Crippen LogP contribution in [0, 0.1) is 13.8 Å². The second-order valence-corrected chi connectivity index (χ2v) is 10.9. The van der Waals surface area contributed by atoms with Crippen molar-refractivity contribution in [1.29, 1.82) is 0 Å². The molecule has 5 aromatic rings. The monoisotopic (exact) mass is 524 g/mol. The molecule has 40 heavy (non-hydrogen) atoms. The number of rotatable bonds is 3. The Morgan fingerprint density at radius 3 is 1.65 bits per heavy atom. The van der Waals surface area contributed by atoms with E-state index in [0.29, 0.717) is 0 Å². The maximum atomic E-state index is 6.69. The van der Waals surface area contributed by atoms with E-state index in [0.717, 1.165) is 28.4 Å². The first kappa shape index (κ1) is 24.5. The van der Waals surface area contributed by atoms with Crippen LogP contribution >= 0.6 is 0 Å². The Morgan fingerprint density at radius 1 is 0.525 bits per heavy atom. The number of hydrogen-bond acceptors (Lipinski definition) is 3. The van der Waals surface area contributed by atoms with Gasteiger partial charge in [-0.25, -0.2) is 0 Å². The van der Waals surface area contributed by atoms with Gasteiger partial charge in [-0.1, -0.05) is 83.9 Å². The van der Waals surface area contributed by atoms with Crippen LogP contribution in [0.15, 0.2) is 91.0 Å². The molecule has 0 amide bonds. The third kappa shape index (κ3) is 3.65. The van der Waals surface area contributed by atoms with Gasteiger partial charge in [-0.2, -0.15) is 0 Å². The smallest absolute Gasteiger partial charge is 0.131 e. The maximum absolute atomic E-state index is 6.69. The van der Waals surface area contributed by atoms with Crippen molar-refractivity contribution in [1.82, 2.24) is 0 Å². The average molecular weight is 525 g/mol. The van der Waals surface area contributed by atoms with E-state index in [4.69, 9.17) is 14.2 Å². The van der Waals surface area contributed by atoms with Crippen molar-refractivity contribution in [2.24, 2.45) is 0 Å². The predicted molar refractivity (Wildman–Crippen MR) is 162 cm³/mol. The fraction of sp³-hybridized carbons (Fsp3) is 0.189. The molecule has 2 atom stereocenters. The molecule has 0 saturated heterocycles. The summed E-state index contributed by atoms with van der Waals surface area (Å²) in [6.45, 7) is 8.60. The van der Waals surface area contributed by atoms with Crippen molar-refractivity contribution in [3.05, 3.63) is 113 Å². The maximum Gasteiger partial charge on any atom is 0.131 e. The predicted octanol–water partition coefficient (Wildman–Crippen LogP) is 9.89. The Balaban J connectivity index is 1.74. The fourth-order valence-corrected chi connectivity index (χ4v) is 6.48. The summed E-state index contributed by atoms with van der Waals surface area (Å²) in [4.78, 5) is 0. The minimum absolute atomic E-state index is 0.160. The Kier molecular flexibility index (Phi) is 5.71. The quantitative estimate of drug-likeness (QED) is 0.235. The molecular formula is C37H32O3. The summed E-state index contributed by atoms with van der Waals surface area (Å²) in [5, 5.41) is 0. The van der Waals surface area contributed by atoms with Crippen LogP contribution in [0.5, 0.6) is 17.2 Å². The molecule has 0 aromatic heterocycles. The summed E-state index contributed by atoms with van der Waals surface area (Å²) in [5.74, 6) is 2.55. The topological polar surface area (TPSA) is 27.7 Å². The van der Waals surface area contributed by atoms with Gasteiger partial charge in [0.2, 0.25) is 0 Å². The Bertz CT molecular complexity index is 1760. The number of methoxy groups -OCH3 is 1. The highest BCUT2D eigenvalue weighted by atomic mass is 16.5. The van der Waals surface area contributed by atoms with Crippen molar-refractivity contribution in [3.8, 4) is 61.8 Å². The molecule has 0 spiro atoms. The van der Waals surface area contributed by atoms with Gasteiger partial charge in [-0.15, -0.1) is 0 Å². The van der Waals surface area contributed by atoms with Crippen molar-refractivity contribution in [2.75, 3.05) is 7.11 Å². The molecule has 0 fully saturated rings. The van der Waals surface area contributed by atoms with E-state index in [1.165, 1.54) is 55.6 Å². The molecule has 0 radical (unpaired) electrons. The Hall–Kier alpha value is -4.50. The third-order valence-electron chi connectivity index (χ3n) is 8.29. The minimum atomic E-state index is -0.175. The van der Waals surface area contributed by atoms with E-state index in [-0.39, 0.29) is 12.2 Å². The molecule has 0 unspecified atom stereocenters. The molecule has 198 valence electrons. The van der Waals surface area contributed by atoms with E-state index in [1.807, 2.05) is 18.2 Å². The number of ether oxygens (including phenoxy) is 3. The highest BCUT2D eigenvalue weighted by Crippen LogP contribution is 2.60. The van der Waals surface area contributed by atoms with Crippen molar-refractivity contribution < 1.29 is 14.2 Å². The first-order valence-corrected chi connectivity index (χ1v) is 13.9. The molecule has 0 bridgehead atoms. The molecule has 0 aliphatic carbocycles. The highest BCUT2D eigenvalue weighted by Gasteiger charge is 2.39. The molecule has 2 heterocycles. The second-order valence-electron chi connectivity index (χ2n) is 10.9. The van der Waals surface area contributed by atoms with Gasteiger partial charge >= 0.3 is 0 Å². The number of aryl methyl sites for hydroxylation is 2. The van der Waals surface area contributed by atoms with Gasteiger partial charge in [-0.05, 0) is 68.1 Å². The molecular weight excluding hydrogens is 492 g/mol. The zero-order chi connectivity index (χ0) is 27.5. The fourth-order valence-electron chi connectivity index (χ4n) is 6.48. The third-order valence-corrected chi connectivity index (χ3v) is 8.29. The van der Waals surface area contributed by atoms with E-state index in [9.17, 15) is 0 Å². The van der Waals surface area contributed by atoms with Gasteiger partial charge in [0.1, 0.15) is 29.5 Å². The van der Waals surface area contributed by atoms with Crippen LogP contribution in [0.4, 0.5) is 0 Å². The van der Waals surface area contributed by atoms with Gasteiger partial charge in [0.05, 0.1) is 12.7 Å². The lowest BCUT2D eigenvalue weighted by molar-refractivity contribution is 0.218.